The molecule has 0 unspecified atom stereocenters. The highest BCUT2D eigenvalue weighted by atomic mass is 16.7. The summed E-state index contributed by atoms with van der Waals surface area (Å²) in [6.45, 7) is 4.98. The van der Waals surface area contributed by atoms with E-state index in [4.69, 9.17) is 36.5 Å². The largest absolute Gasteiger partial charge is 0.481 e. The Kier molecular flexibility index (Phi) is 12.4. The number of methoxy groups -OCH3 is 1. The molecule has 16 nitrogen and oxygen atoms in total. The van der Waals surface area contributed by atoms with Crippen molar-refractivity contribution in [3.8, 4) is 0 Å². The second kappa shape index (κ2) is 16.3. The summed E-state index contributed by atoms with van der Waals surface area (Å²) in [6.07, 6.45) is 8.90. The number of hydrogen-bond donors (Lipinski definition) is 7. The van der Waals surface area contributed by atoms with E-state index in [1.54, 1.807) is 0 Å². The minimum Gasteiger partial charge on any atom is -0.481 e. The standard InChI is InChI=1S/C36H59N7O9/c1-34-12-9-21(50-3)16-20(34)7-8-22-23(34)10-13-35(2)24(22)17-27(52-36(35)11-5-15-51-36)32(49)43-25(6-4-14-40-33(38)39)31(48)41-19-28(44)42-26(30(37)47)18-29(45)46/h20-27H,4-19H2,1-3H3,(H2,37,47)(H,41,48)(H,42,44)(H,43,49)(H,45,46)(H4,38,39,40)/t20-,21-,22+,23-,24-,25-,26-,27+,34-,35-,36-/m0/s1. The first kappa shape index (κ1) is 39.7. The van der Waals surface area contributed by atoms with Gasteiger partial charge in [0, 0.05) is 25.5 Å². The molecule has 0 aromatic rings. The Morgan fingerprint density at radius 1 is 0.962 bits per heavy atom. The number of nitrogens with zero attached hydrogens (tertiary/aromatic N) is 1. The van der Waals surface area contributed by atoms with Gasteiger partial charge in [0.05, 0.1) is 25.7 Å². The van der Waals surface area contributed by atoms with E-state index < -0.39 is 66.5 Å². The summed E-state index contributed by atoms with van der Waals surface area (Å²) in [5, 5.41) is 16.6. The van der Waals surface area contributed by atoms with Crippen LogP contribution in [-0.2, 0) is 38.2 Å². The van der Waals surface area contributed by atoms with Gasteiger partial charge in [0.15, 0.2) is 11.7 Å². The fourth-order valence-electron chi connectivity index (χ4n) is 10.6. The highest BCUT2D eigenvalue weighted by Gasteiger charge is 2.67. The Morgan fingerprint density at radius 3 is 2.38 bits per heavy atom. The van der Waals surface area contributed by atoms with E-state index in [1.165, 1.54) is 0 Å². The Bertz CT molecular complexity index is 1390. The number of carbonyl (C=O) groups excluding carboxylic acids is 4. The zero-order valence-electron chi connectivity index (χ0n) is 30.8. The molecule has 5 rings (SSSR count). The van der Waals surface area contributed by atoms with E-state index in [2.05, 4.69) is 34.8 Å². The number of carboxylic acid groups (broad SMARTS) is 1. The molecule has 0 aromatic heterocycles. The smallest absolute Gasteiger partial charge is 0.305 e. The minimum atomic E-state index is -1.45. The number of nitrogens with two attached hydrogens (primary N) is 3. The average Bonchev–Trinajstić information content (AvgIpc) is 3.57. The predicted octanol–water partition coefficient (Wildman–Crippen LogP) is 0.645. The van der Waals surface area contributed by atoms with Crippen molar-refractivity contribution >= 4 is 35.6 Å². The number of fused-ring (bicyclic) bond motifs is 6. The van der Waals surface area contributed by atoms with E-state index >= 15 is 0 Å². The van der Waals surface area contributed by atoms with Gasteiger partial charge in [-0.05, 0) is 99.7 Å². The van der Waals surface area contributed by atoms with Gasteiger partial charge in [-0.1, -0.05) is 13.8 Å². The Hall–Kier alpha value is -3.50. The molecule has 1 spiro atoms. The van der Waals surface area contributed by atoms with Crippen LogP contribution in [0.25, 0.3) is 0 Å². The van der Waals surface area contributed by atoms with E-state index in [9.17, 15) is 24.0 Å². The van der Waals surface area contributed by atoms with Crippen molar-refractivity contribution in [3.63, 3.8) is 0 Å². The molecule has 11 atom stereocenters. The van der Waals surface area contributed by atoms with Crippen LogP contribution in [0.15, 0.2) is 4.99 Å². The first-order chi connectivity index (χ1) is 24.6. The van der Waals surface area contributed by atoms with Crippen LogP contribution < -0.4 is 33.2 Å². The highest BCUT2D eigenvalue weighted by molar-refractivity contribution is 5.93. The van der Waals surface area contributed by atoms with Crippen molar-refractivity contribution in [1.29, 1.82) is 0 Å². The lowest BCUT2D eigenvalue weighted by molar-refractivity contribution is -0.348. The molecule has 52 heavy (non-hydrogen) atoms. The quantitative estimate of drug-likeness (QED) is 0.0741. The maximum Gasteiger partial charge on any atom is 0.305 e. The topological polar surface area (TPSA) is 260 Å². The molecule has 5 aliphatic rings. The van der Waals surface area contributed by atoms with Crippen molar-refractivity contribution in [3.05, 3.63) is 0 Å². The molecular weight excluding hydrogens is 674 g/mol. The zero-order chi connectivity index (χ0) is 37.8. The summed E-state index contributed by atoms with van der Waals surface area (Å²) in [6, 6.07) is -2.52. The maximum absolute atomic E-state index is 14.2. The fourth-order valence-corrected chi connectivity index (χ4v) is 10.6. The normalized spacial score (nSPS) is 36.2. The molecule has 3 saturated carbocycles. The third-order valence-corrected chi connectivity index (χ3v) is 13.3. The number of carboxylic acids is 1. The summed E-state index contributed by atoms with van der Waals surface area (Å²) >= 11 is 0. The number of rotatable bonds is 14. The number of nitrogens with one attached hydrogen (secondary N) is 3. The number of amides is 4. The summed E-state index contributed by atoms with van der Waals surface area (Å²) in [7, 11) is 1.82. The van der Waals surface area contributed by atoms with Gasteiger partial charge in [-0.25, -0.2) is 0 Å². The van der Waals surface area contributed by atoms with Crippen molar-refractivity contribution in [2.45, 2.75) is 127 Å². The third-order valence-electron chi connectivity index (χ3n) is 13.3. The Balaban J connectivity index is 1.31. The first-order valence-electron chi connectivity index (χ1n) is 18.9. The molecule has 2 heterocycles. The molecule has 3 aliphatic carbocycles. The number of aliphatic imine (C=N–C) groups is 1. The molecule has 0 aromatic carbocycles. The molecule has 10 N–H and O–H groups in total. The monoisotopic (exact) mass is 733 g/mol. The van der Waals surface area contributed by atoms with Crippen LogP contribution in [0.5, 0.6) is 0 Å². The van der Waals surface area contributed by atoms with Gasteiger partial charge in [0.2, 0.25) is 23.6 Å². The average molecular weight is 734 g/mol. The van der Waals surface area contributed by atoms with Gasteiger partial charge < -0.3 is 52.5 Å². The SMILES string of the molecule is CO[C@H]1CC[C@@]2(C)[C@@H](CC[C@@H]3[C@@H]2CC[C@@]2(C)[C@H]3C[C@H](C(=O)N[C@@H](CCCN=C(N)N)C(=O)NCC(=O)N[C@@H](CC(=O)O)C(N)=O)O[C@@]23CCCO3)C1. The maximum atomic E-state index is 14.2. The van der Waals surface area contributed by atoms with Crippen LogP contribution in [0.2, 0.25) is 0 Å². The molecule has 2 saturated heterocycles. The number of guanidine groups is 1. The molecular formula is C36H59N7O9. The summed E-state index contributed by atoms with van der Waals surface area (Å²) in [5.41, 5.74) is 16.1. The van der Waals surface area contributed by atoms with Gasteiger partial charge in [0.1, 0.15) is 18.2 Å². The minimum absolute atomic E-state index is 0.104. The van der Waals surface area contributed by atoms with Crippen LogP contribution in [-0.4, -0.2) is 97.5 Å². The lowest BCUT2D eigenvalue weighted by atomic mass is 9.42. The molecule has 4 amide bonds. The van der Waals surface area contributed by atoms with Crippen molar-refractivity contribution in [1.82, 2.24) is 16.0 Å². The third kappa shape index (κ3) is 8.18. The van der Waals surface area contributed by atoms with E-state index in [0.29, 0.717) is 49.7 Å². The second-order valence-corrected chi connectivity index (χ2v) is 16.1. The number of ether oxygens (including phenoxy) is 3. The number of carbonyl (C=O) groups is 5. The lowest BCUT2D eigenvalue weighted by Gasteiger charge is -2.66. The lowest BCUT2D eigenvalue weighted by Crippen LogP contribution is -2.66. The number of aliphatic carboxylic acids is 1. The van der Waals surface area contributed by atoms with E-state index in [1.807, 2.05) is 7.11 Å². The summed E-state index contributed by atoms with van der Waals surface area (Å²) < 4.78 is 19.1. The van der Waals surface area contributed by atoms with E-state index in [0.717, 1.165) is 51.4 Å². The summed E-state index contributed by atoms with van der Waals surface area (Å²) in [5.74, 6) is -3.49. The molecule has 16 heteroatoms. The zero-order valence-corrected chi connectivity index (χ0v) is 30.8. The van der Waals surface area contributed by atoms with Crippen LogP contribution in [0, 0.1) is 34.5 Å². The molecule has 292 valence electrons. The van der Waals surface area contributed by atoms with Gasteiger partial charge in [-0.15, -0.1) is 0 Å². The number of hydrogen-bond acceptors (Lipinski definition) is 9. The Labute approximate surface area is 305 Å². The van der Waals surface area contributed by atoms with Gasteiger partial charge >= 0.3 is 5.97 Å². The van der Waals surface area contributed by atoms with Crippen molar-refractivity contribution in [2.75, 3.05) is 26.8 Å². The molecule has 2 aliphatic heterocycles. The van der Waals surface area contributed by atoms with Crippen molar-refractivity contribution in [2.24, 2.45) is 56.7 Å². The predicted molar refractivity (Wildman–Crippen MR) is 189 cm³/mol. The Morgan fingerprint density at radius 2 is 1.73 bits per heavy atom. The molecule has 5 fully saturated rings. The summed E-state index contributed by atoms with van der Waals surface area (Å²) in [4.78, 5) is 66.9. The van der Waals surface area contributed by atoms with Crippen LogP contribution in [0.3, 0.4) is 0 Å². The first-order valence-corrected chi connectivity index (χ1v) is 18.9. The van der Waals surface area contributed by atoms with Gasteiger partial charge in [-0.3, -0.25) is 29.0 Å². The number of primary amides is 1. The van der Waals surface area contributed by atoms with Crippen LogP contribution in [0.1, 0.15) is 97.3 Å². The second-order valence-electron chi connectivity index (χ2n) is 16.1. The van der Waals surface area contributed by atoms with E-state index in [-0.39, 0.29) is 35.7 Å². The van der Waals surface area contributed by atoms with Crippen LogP contribution in [0.4, 0.5) is 0 Å². The van der Waals surface area contributed by atoms with Gasteiger partial charge in [0.25, 0.3) is 0 Å². The highest BCUT2D eigenvalue weighted by Crippen LogP contribution is 2.68. The van der Waals surface area contributed by atoms with Gasteiger partial charge in [-0.2, -0.15) is 0 Å². The van der Waals surface area contributed by atoms with Crippen molar-refractivity contribution < 1.29 is 43.3 Å². The molecule has 0 bridgehead atoms. The molecule has 0 radical (unpaired) electrons. The fraction of sp³-hybridized carbons (Fsp3) is 0.833. The van der Waals surface area contributed by atoms with Crippen LogP contribution >= 0.6 is 0 Å².